The zero-order valence-electron chi connectivity index (χ0n) is 9.19. The lowest BCUT2D eigenvalue weighted by Gasteiger charge is -2.18. The third kappa shape index (κ3) is 2.98. The molecule has 3 unspecified atom stereocenters. The van der Waals surface area contributed by atoms with E-state index in [2.05, 4.69) is 0 Å². The van der Waals surface area contributed by atoms with E-state index in [0.29, 0.717) is 5.92 Å². The maximum absolute atomic E-state index is 11.5. The monoisotopic (exact) mass is 200 g/mol. The van der Waals surface area contributed by atoms with Crippen LogP contribution in [0.1, 0.15) is 40.0 Å². The minimum atomic E-state index is -0.214. The van der Waals surface area contributed by atoms with Crippen molar-refractivity contribution in [2.24, 2.45) is 11.8 Å². The van der Waals surface area contributed by atoms with Gasteiger partial charge in [0.05, 0.1) is 18.1 Å². The number of ether oxygens (including phenoxy) is 1. The number of aliphatic hydroxyl groups excluding tert-OH is 1. The Bertz CT molecular complexity index is 201. The maximum Gasteiger partial charge on any atom is 0.309 e. The van der Waals surface area contributed by atoms with E-state index in [1.165, 1.54) is 0 Å². The number of carbonyl (C=O) groups excluding carboxylic acids is 1. The van der Waals surface area contributed by atoms with Crippen LogP contribution in [0.2, 0.25) is 0 Å². The van der Waals surface area contributed by atoms with Crippen molar-refractivity contribution in [2.75, 3.05) is 0 Å². The van der Waals surface area contributed by atoms with Crippen LogP contribution in [0.5, 0.6) is 0 Å². The molecule has 3 heteroatoms. The van der Waals surface area contributed by atoms with Crippen LogP contribution in [-0.2, 0) is 9.53 Å². The number of rotatable bonds is 3. The van der Waals surface area contributed by atoms with Gasteiger partial charge in [-0.2, -0.15) is 0 Å². The summed E-state index contributed by atoms with van der Waals surface area (Å²) in [5.41, 5.74) is 0. The quantitative estimate of drug-likeness (QED) is 0.706. The van der Waals surface area contributed by atoms with Crippen molar-refractivity contribution in [3.05, 3.63) is 0 Å². The molecule has 0 heterocycles. The molecule has 3 atom stereocenters. The maximum atomic E-state index is 11.5. The highest BCUT2D eigenvalue weighted by atomic mass is 16.5. The fraction of sp³-hybridized carbons (Fsp3) is 0.909. The SMILES string of the molecule is CC(C)OC(=O)C(C)C1CCC(O)C1. The molecule has 0 radical (unpaired) electrons. The van der Waals surface area contributed by atoms with E-state index < -0.39 is 0 Å². The van der Waals surface area contributed by atoms with Crippen molar-refractivity contribution in [3.8, 4) is 0 Å². The Balaban J connectivity index is 2.40. The van der Waals surface area contributed by atoms with Crippen LogP contribution in [-0.4, -0.2) is 23.3 Å². The van der Waals surface area contributed by atoms with Gasteiger partial charge in [0, 0.05) is 0 Å². The van der Waals surface area contributed by atoms with E-state index in [1.807, 2.05) is 20.8 Å². The molecular formula is C11H20O3. The molecule has 82 valence electrons. The van der Waals surface area contributed by atoms with Gasteiger partial charge in [-0.15, -0.1) is 0 Å². The summed E-state index contributed by atoms with van der Waals surface area (Å²) in [6.07, 6.45) is 2.25. The third-order valence-corrected chi connectivity index (χ3v) is 2.88. The highest BCUT2D eigenvalue weighted by Gasteiger charge is 2.32. The summed E-state index contributed by atoms with van der Waals surface area (Å²) in [5, 5.41) is 9.36. The molecule has 3 nitrogen and oxygen atoms in total. The summed E-state index contributed by atoms with van der Waals surface area (Å²) in [6, 6.07) is 0. The highest BCUT2D eigenvalue weighted by Crippen LogP contribution is 2.32. The van der Waals surface area contributed by atoms with Gasteiger partial charge in [0.1, 0.15) is 0 Å². The summed E-state index contributed by atoms with van der Waals surface area (Å²) >= 11 is 0. The molecule has 0 bridgehead atoms. The summed E-state index contributed by atoms with van der Waals surface area (Å²) in [5.74, 6) is 0.102. The smallest absolute Gasteiger partial charge is 0.309 e. The van der Waals surface area contributed by atoms with Gasteiger partial charge in [-0.05, 0) is 39.0 Å². The Morgan fingerprint density at radius 3 is 2.43 bits per heavy atom. The van der Waals surface area contributed by atoms with Gasteiger partial charge < -0.3 is 9.84 Å². The predicted octanol–water partition coefficient (Wildman–Crippen LogP) is 1.74. The largest absolute Gasteiger partial charge is 0.463 e. The number of hydrogen-bond acceptors (Lipinski definition) is 3. The van der Waals surface area contributed by atoms with Crippen molar-refractivity contribution in [3.63, 3.8) is 0 Å². The average molecular weight is 200 g/mol. The lowest BCUT2D eigenvalue weighted by molar-refractivity contribution is -0.153. The molecule has 1 rings (SSSR count). The number of hydrogen-bond donors (Lipinski definition) is 1. The molecule has 14 heavy (non-hydrogen) atoms. The van der Waals surface area contributed by atoms with Gasteiger partial charge in [0.25, 0.3) is 0 Å². The van der Waals surface area contributed by atoms with Gasteiger partial charge in [-0.25, -0.2) is 0 Å². The highest BCUT2D eigenvalue weighted by molar-refractivity contribution is 5.72. The van der Waals surface area contributed by atoms with Crippen LogP contribution in [0.3, 0.4) is 0 Å². The first-order chi connectivity index (χ1) is 6.50. The van der Waals surface area contributed by atoms with E-state index in [4.69, 9.17) is 4.74 Å². The third-order valence-electron chi connectivity index (χ3n) is 2.88. The molecule has 0 spiro atoms. The second-order valence-corrected chi connectivity index (χ2v) is 4.50. The molecule has 0 saturated heterocycles. The van der Waals surface area contributed by atoms with Gasteiger partial charge in [0.2, 0.25) is 0 Å². The van der Waals surface area contributed by atoms with Gasteiger partial charge >= 0.3 is 5.97 Å². The topological polar surface area (TPSA) is 46.5 Å². The van der Waals surface area contributed by atoms with E-state index in [9.17, 15) is 9.90 Å². The van der Waals surface area contributed by atoms with Gasteiger partial charge in [-0.3, -0.25) is 4.79 Å². The van der Waals surface area contributed by atoms with Crippen molar-refractivity contribution in [1.82, 2.24) is 0 Å². The van der Waals surface area contributed by atoms with Crippen molar-refractivity contribution in [2.45, 2.75) is 52.2 Å². The van der Waals surface area contributed by atoms with E-state index >= 15 is 0 Å². The molecule has 1 fully saturated rings. The average Bonchev–Trinajstić information content (AvgIpc) is 2.49. The Morgan fingerprint density at radius 1 is 1.36 bits per heavy atom. The minimum absolute atomic E-state index is 0.0451. The van der Waals surface area contributed by atoms with Crippen molar-refractivity contribution in [1.29, 1.82) is 0 Å². The first-order valence-electron chi connectivity index (χ1n) is 5.39. The van der Waals surface area contributed by atoms with Crippen molar-refractivity contribution >= 4 is 5.97 Å². The van der Waals surface area contributed by atoms with Gasteiger partial charge in [-0.1, -0.05) is 6.92 Å². The van der Waals surface area contributed by atoms with E-state index in [1.54, 1.807) is 0 Å². The molecule has 0 aromatic carbocycles. The molecule has 1 aliphatic carbocycles. The molecule has 0 amide bonds. The minimum Gasteiger partial charge on any atom is -0.463 e. The Hall–Kier alpha value is -0.570. The van der Waals surface area contributed by atoms with Gasteiger partial charge in [0.15, 0.2) is 0 Å². The van der Waals surface area contributed by atoms with Crippen molar-refractivity contribution < 1.29 is 14.6 Å². The first-order valence-corrected chi connectivity index (χ1v) is 5.39. The van der Waals surface area contributed by atoms with Crippen LogP contribution in [0.15, 0.2) is 0 Å². The predicted molar refractivity (Wildman–Crippen MR) is 53.7 cm³/mol. The van der Waals surface area contributed by atoms with Crippen LogP contribution >= 0.6 is 0 Å². The second kappa shape index (κ2) is 4.78. The molecule has 0 aliphatic heterocycles. The number of esters is 1. The first kappa shape index (κ1) is 11.5. The zero-order chi connectivity index (χ0) is 10.7. The Morgan fingerprint density at radius 2 is 2.00 bits per heavy atom. The Labute approximate surface area is 85.5 Å². The molecule has 1 saturated carbocycles. The van der Waals surface area contributed by atoms with E-state index in [-0.39, 0.29) is 24.1 Å². The lowest BCUT2D eigenvalue weighted by Crippen LogP contribution is -2.24. The van der Waals surface area contributed by atoms with Crippen LogP contribution in [0, 0.1) is 11.8 Å². The molecule has 1 N–H and O–H groups in total. The molecule has 1 aliphatic rings. The van der Waals surface area contributed by atoms with Crippen LogP contribution in [0.4, 0.5) is 0 Å². The molecular weight excluding hydrogens is 180 g/mol. The standard InChI is InChI=1S/C11H20O3/c1-7(2)14-11(13)8(3)9-4-5-10(12)6-9/h7-10,12H,4-6H2,1-3H3. The fourth-order valence-corrected chi connectivity index (χ4v) is 1.98. The molecule has 0 aromatic rings. The number of carbonyl (C=O) groups is 1. The second-order valence-electron chi connectivity index (χ2n) is 4.50. The van der Waals surface area contributed by atoms with Crippen LogP contribution in [0.25, 0.3) is 0 Å². The lowest BCUT2D eigenvalue weighted by atomic mass is 9.92. The van der Waals surface area contributed by atoms with E-state index in [0.717, 1.165) is 19.3 Å². The fourth-order valence-electron chi connectivity index (χ4n) is 1.98. The van der Waals surface area contributed by atoms with Crippen LogP contribution < -0.4 is 0 Å². The Kier molecular flexibility index (Phi) is 3.93. The zero-order valence-corrected chi connectivity index (χ0v) is 9.19. The normalized spacial score (nSPS) is 29.2. The summed E-state index contributed by atoms with van der Waals surface area (Å²) < 4.78 is 5.14. The summed E-state index contributed by atoms with van der Waals surface area (Å²) in [4.78, 5) is 11.5. The number of aliphatic hydroxyl groups is 1. The summed E-state index contributed by atoms with van der Waals surface area (Å²) in [6.45, 7) is 5.61. The summed E-state index contributed by atoms with van der Waals surface area (Å²) in [7, 11) is 0. The molecule has 0 aromatic heterocycles.